The molecule has 1 aromatic heterocycles. The van der Waals surface area contributed by atoms with Crippen molar-refractivity contribution in [2.24, 2.45) is 17.8 Å². The Morgan fingerprint density at radius 3 is 2.96 bits per heavy atom. The Hall–Kier alpha value is -1.48. The summed E-state index contributed by atoms with van der Waals surface area (Å²) in [6.45, 7) is 0. The van der Waals surface area contributed by atoms with Crippen molar-refractivity contribution in [1.82, 2.24) is 10.3 Å². The Bertz CT molecular complexity index is 827. The van der Waals surface area contributed by atoms with Crippen molar-refractivity contribution >= 4 is 28.4 Å². The lowest BCUT2D eigenvalue weighted by molar-refractivity contribution is -0.123. The summed E-state index contributed by atoms with van der Waals surface area (Å²) in [4.78, 5) is 16.1. The molecule has 0 saturated heterocycles. The zero-order valence-corrected chi connectivity index (χ0v) is 15.2. The van der Waals surface area contributed by atoms with Crippen molar-refractivity contribution in [3.8, 4) is 0 Å². The molecule has 2 N–H and O–H groups in total. The lowest BCUT2D eigenvalue weighted by Gasteiger charge is -2.26. The van der Waals surface area contributed by atoms with Crippen LogP contribution < -0.4 is 5.32 Å². The minimum absolute atomic E-state index is 0.261. The van der Waals surface area contributed by atoms with Crippen LogP contribution in [0.15, 0.2) is 18.2 Å². The van der Waals surface area contributed by atoms with Gasteiger partial charge in [-0.2, -0.15) is 0 Å². The van der Waals surface area contributed by atoms with Crippen LogP contribution in [0.5, 0.6) is 0 Å². The number of hydrogen-bond acceptors (Lipinski definition) is 1. The van der Waals surface area contributed by atoms with Gasteiger partial charge in [-0.25, -0.2) is 0 Å². The van der Waals surface area contributed by atoms with E-state index in [-0.39, 0.29) is 11.9 Å². The highest BCUT2D eigenvalue weighted by molar-refractivity contribution is 6.31. The number of carbonyl (C=O) groups is 1. The quantitative estimate of drug-likeness (QED) is 0.828. The highest BCUT2D eigenvalue weighted by atomic mass is 35.5. The molecular weight excluding hydrogens is 332 g/mol. The van der Waals surface area contributed by atoms with Gasteiger partial charge in [0.2, 0.25) is 5.91 Å². The van der Waals surface area contributed by atoms with Gasteiger partial charge in [-0.15, -0.1) is 0 Å². The van der Waals surface area contributed by atoms with Gasteiger partial charge in [-0.3, -0.25) is 4.79 Å². The average Bonchev–Trinajstić information content (AvgIpc) is 3.28. The average molecular weight is 357 g/mol. The first-order valence-corrected chi connectivity index (χ1v) is 10.1. The molecule has 0 unspecified atom stereocenters. The lowest BCUT2D eigenvalue weighted by Crippen LogP contribution is -2.39. The van der Waals surface area contributed by atoms with Crippen LogP contribution in [0.25, 0.3) is 10.9 Å². The SMILES string of the molecule is O=C(C[C@H]1C[C@@H]2CC[C@H]1C2)N[C@@H]1CCc2[nH]c3ccc(Cl)cc3c2C1. The third kappa shape index (κ3) is 2.87. The number of carbonyl (C=O) groups excluding carboxylic acids is 1. The Balaban J connectivity index is 1.26. The molecule has 132 valence electrons. The predicted molar refractivity (Wildman–Crippen MR) is 101 cm³/mol. The number of aromatic nitrogens is 1. The van der Waals surface area contributed by atoms with Crippen LogP contribution >= 0.6 is 11.6 Å². The Labute approximate surface area is 153 Å². The molecule has 2 aromatic rings. The minimum atomic E-state index is 0.261. The van der Waals surface area contributed by atoms with E-state index in [9.17, 15) is 4.79 Å². The number of fused-ring (bicyclic) bond motifs is 5. The molecule has 0 radical (unpaired) electrons. The van der Waals surface area contributed by atoms with Gasteiger partial charge in [0.25, 0.3) is 0 Å². The van der Waals surface area contributed by atoms with Crippen molar-refractivity contribution in [1.29, 1.82) is 0 Å². The molecule has 1 amide bonds. The molecule has 5 rings (SSSR count). The van der Waals surface area contributed by atoms with E-state index in [1.807, 2.05) is 12.1 Å². The van der Waals surface area contributed by atoms with Gasteiger partial charge in [0.05, 0.1) is 0 Å². The molecule has 4 atom stereocenters. The van der Waals surface area contributed by atoms with E-state index in [4.69, 9.17) is 11.6 Å². The molecule has 0 spiro atoms. The fraction of sp³-hybridized carbons (Fsp3) is 0.571. The predicted octanol–water partition coefficient (Wildman–Crippen LogP) is 4.62. The van der Waals surface area contributed by atoms with Crippen LogP contribution in [-0.2, 0) is 17.6 Å². The number of H-pyrrole nitrogens is 1. The van der Waals surface area contributed by atoms with Crippen molar-refractivity contribution in [2.45, 2.75) is 57.4 Å². The second kappa shape index (κ2) is 6.05. The van der Waals surface area contributed by atoms with Crippen LogP contribution in [0.2, 0.25) is 5.02 Å². The van der Waals surface area contributed by atoms with Gasteiger partial charge >= 0.3 is 0 Å². The first kappa shape index (κ1) is 15.7. The number of amides is 1. The number of nitrogens with one attached hydrogen (secondary N) is 2. The molecule has 25 heavy (non-hydrogen) atoms. The Morgan fingerprint density at radius 2 is 2.16 bits per heavy atom. The normalized spacial score (nSPS) is 30.6. The summed E-state index contributed by atoms with van der Waals surface area (Å²) in [5.74, 6) is 2.65. The molecule has 2 fully saturated rings. The summed E-state index contributed by atoms with van der Waals surface area (Å²) in [5, 5.41) is 5.32. The van der Waals surface area contributed by atoms with Crippen molar-refractivity contribution < 1.29 is 4.79 Å². The molecule has 3 aliphatic carbocycles. The van der Waals surface area contributed by atoms with Gasteiger partial charge in [0.1, 0.15) is 0 Å². The van der Waals surface area contributed by atoms with Gasteiger partial charge in [0, 0.05) is 34.1 Å². The van der Waals surface area contributed by atoms with Gasteiger partial charge in [-0.1, -0.05) is 18.0 Å². The Kier molecular flexibility index (Phi) is 3.81. The van der Waals surface area contributed by atoms with E-state index in [1.165, 1.54) is 42.3 Å². The molecular formula is C21H25ClN2O. The topological polar surface area (TPSA) is 44.9 Å². The fourth-order valence-corrected chi connectivity index (χ4v) is 5.84. The van der Waals surface area contributed by atoms with Gasteiger partial charge in [0.15, 0.2) is 0 Å². The number of hydrogen-bond donors (Lipinski definition) is 2. The van der Waals surface area contributed by atoms with E-state index in [2.05, 4.69) is 16.4 Å². The molecule has 2 saturated carbocycles. The Morgan fingerprint density at radius 1 is 1.24 bits per heavy atom. The summed E-state index contributed by atoms with van der Waals surface area (Å²) in [6, 6.07) is 6.29. The maximum Gasteiger partial charge on any atom is 0.220 e. The summed E-state index contributed by atoms with van der Waals surface area (Å²) >= 11 is 6.18. The first-order chi connectivity index (χ1) is 12.2. The number of benzene rings is 1. The number of rotatable bonds is 3. The third-order valence-corrected chi connectivity index (χ3v) is 7.08. The zero-order valence-electron chi connectivity index (χ0n) is 14.5. The molecule has 3 nitrogen and oxygen atoms in total. The van der Waals surface area contributed by atoms with Gasteiger partial charge in [-0.05, 0) is 80.0 Å². The summed E-state index contributed by atoms with van der Waals surface area (Å²) in [7, 11) is 0. The van der Waals surface area contributed by atoms with Crippen LogP contribution in [0.4, 0.5) is 0 Å². The monoisotopic (exact) mass is 356 g/mol. The smallest absolute Gasteiger partial charge is 0.220 e. The molecule has 2 bridgehead atoms. The van der Waals surface area contributed by atoms with Crippen LogP contribution in [0, 0.1) is 17.8 Å². The van der Waals surface area contributed by atoms with Crippen LogP contribution in [0.3, 0.4) is 0 Å². The summed E-state index contributed by atoms with van der Waals surface area (Å²) in [6.07, 6.45) is 9.09. The number of aromatic amines is 1. The fourth-order valence-electron chi connectivity index (χ4n) is 5.66. The van der Waals surface area contributed by atoms with E-state index < -0.39 is 0 Å². The minimum Gasteiger partial charge on any atom is -0.358 e. The van der Waals surface area contributed by atoms with Gasteiger partial charge < -0.3 is 10.3 Å². The molecule has 4 heteroatoms. The maximum absolute atomic E-state index is 12.6. The van der Waals surface area contributed by atoms with E-state index in [0.717, 1.165) is 48.1 Å². The number of halogens is 1. The standard InChI is InChI=1S/C21H25ClN2O/c22-15-3-5-19-17(10-15)18-11-16(4-6-20(18)24-19)23-21(25)9-14-8-12-1-2-13(14)7-12/h3,5,10,12-14,16,24H,1-2,4,6-9,11H2,(H,23,25)/t12-,13+,14-,16-/m1/s1. The molecule has 1 heterocycles. The second-order valence-corrected chi connectivity index (χ2v) is 8.85. The van der Waals surface area contributed by atoms with E-state index in [0.29, 0.717) is 5.92 Å². The lowest BCUT2D eigenvalue weighted by atomic mass is 9.86. The van der Waals surface area contributed by atoms with E-state index >= 15 is 0 Å². The molecule has 1 aromatic carbocycles. The largest absolute Gasteiger partial charge is 0.358 e. The van der Waals surface area contributed by atoms with E-state index in [1.54, 1.807) is 0 Å². The summed E-state index contributed by atoms with van der Waals surface area (Å²) in [5.41, 5.74) is 3.81. The van der Waals surface area contributed by atoms with Crippen molar-refractivity contribution in [2.75, 3.05) is 0 Å². The van der Waals surface area contributed by atoms with Crippen molar-refractivity contribution in [3.05, 3.63) is 34.5 Å². The first-order valence-electron chi connectivity index (χ1n) is 9.74. The third-order valence-electron chi connectivity index (χ3n) is 6.85. The summed E-state index contributed by atoms with van der Waals surface area (Å²) < 4.78 is 0. The molecule has 0 aliphatic heterocycles. The van der Waals surface area contributed by atoms with Crippen LogP contribution in [0.1, 0.15) is 49.8 Å². The highest BCUT2D eigenvalue weighted by Crippen LogP contribution is 2.49. The van der Waals surface area contributed by atoms with Crippen LogP contribution in [-0.4, -0.2) is 16.9 Å². The maximum atomic E-state index is 12.6. The van der Waals surface area contributed by atoms with Crippen molar-refractivity contribution in [3.63, 3.8) is 0 Å². The zero-order chi connectivity index (χ0) is 17.0. The molecule has 3 aliphatic rings. The second-order valence-electron chi connectivity index (χ2n) is 8.42. The highest BCUT2D eigenvalue weighted by Gasteiger charge is 2.40. The number of aryl methyl sites for hydroxylation is 1.